The molecule has 0 spiro atoms. The van der Waals surface area contributed by atoms with Gasteiger partial charge in [0.15, 0.2) is 5.58 Å². The smallest absolute Gasteiger partial charge is 0.253 e. The van der Waals surface area contributed by atoms with Gasteiger partial charge in [-0.15, -0.1) is 0 Å². The number of aromatic nitrogens is 1. The van der Waals surface area contributed by atoms with Crippen LogP contribution in [0.15, 0.2) is 52.9 Å². The molecule has 0 unspecified atom stereocenters. The summed E-state index contributed by atoms with van der Waals surface area (Å²) in [5.41, 5.74) is 2.99. The molecule has 1 saturated carbocycles. The highest BCUT2D eigenvalue weighted by atomic mass is 16.5. The number of amides is 2. The lowest BCUT2D eigenvalue weighted by Crippen LogP contribution is -2.50. The summed E-state index contributed by atoms with van der Waals surface area (Å²) < 4.78 is 10.9. The summed E-state index contributed by atoms with van der Waals surface area (Å²) in [7, 11) is 1.82. The van der Waals surface area contributed by atoms with E-state index in [4.69, 9.17) is 9.15 Å². The molecular weight excluding hydrogens is 394 g/mol. The van der Waals surface area contributed by atoms with Crippen molar-refractivity contribution in [1.82, 2.24) is 15.2 Å². The molecule has 2 aliphatic rings. The van der Waals surface area contributed by atoms with Gasteiger partial charge in [-0.25, -0.2) is 4.98 Å². The van der Waals surface area contributed by atoms with Crippen LogP contribution in [0.2, 0.25) is 0 Å². The summed E-state index contributed by atoms with van der Waals surface area (Å²) in [6.07, 6.45) is 2.34. The number of para-hydroxylation sites is 2. The van der Waals surface area contributed by atoms with Crippen molar-refractivity contribution in [3.8, 4) is 11.5 Å². The van der Waals surface area contributed by atoms with E-state index >= 15 is 0 Å². The van der Waals surface area contributed by atoms with Crippen molar-refractivity contribution in [2.75, 3.05) is 20.3 Å². The van der Waals surface area contributed by atoms with Gasteiger partial charge >= 0.3 is 0 Å². The number of nitrogens with one attached hydrogen (secondary N) is 1. The fraction of sp³-hybridized carbons (Fsp3) is 0.375. The Morgan fingerprint density at radius 3 is 2.55 bits per heavy atom. The molecular formula is C24H25N3O4. The third-order valence-corrected chi connectivity index (χ3v) is 6.30. The number of carbonyl (C=O) groups excluding carboxylic acids is 2. The van der Waals surface area contributed by atoms with Gasteiger partial charge < -0.3 is 19.4 Å². The van der Waals surface area contributed by atoms with Crippen LogP contribution in [-0.4, -0.2) is 54.0 Å². The van der Waals surface area contributed by atoms with Crippen molar-refractivity contribution in [2.45, 2.75) is 31.3 Å². The van der Waals surface area contributed by atoms with Crippen molar-refractivity contribution < 1.29 is 18.7 Å². The first-order valence-electron chi connectivity index (χ1n) is 10.7. The SMILES string of the molecule is CN(C(=O)c1ccc(-c2nc3ccccc3o2)cc1)[C@@H]1CC[C@H](C(=O)NC2COC2)C1. The predicted octanol–water partition coefficient (Wildman–Crippen LogP) is 3.25. The van der Waals surface area contributed by atoms with Crippen LogP contribution in [0.25, 0.3) is 22.6 Å². The summed E-state index contributed by atoms with van der Waals surface area (Å²) in [4.78, 5) is 31.7. The maximum atomic E-state index is 13.0. The van der Waals surface area contributed by atoms with Gasteiger partial charge in [-0.1, -0.05) is 12.1 Å². The highest BCUT2D eigenvalue weighted by molar-refractivity contribution is 5.95. The van der Waals surface area contributed by atoms with Gasteiger partial charge in [-0.05, 0) is 55.7 Å². The average molecular weight is 419 g/mol. The van der Waals surface area contributed by atoms with Gasteiger partial charge in [0.05, 0.1) is 19.3 Å². The lowest BCUT2D eigenvalue weighted by Gasteiger charge is -2.28. The molecule has 0 radical (unpaired) electrons. The first-order valence-corrected chi connectivity index (χ1v) is 10.7. The van der Waals surface area contributed by atoms with Gasteiger partial charge in [0.2, 0.25) is 11.8 Å². The van der Waals surface area contributed by atoms with Crippen LogP contribution < -0.4 is 5.32 Å². The fourth-order valence-electron chi connectivity index (χ4n) is 4.31. The molecule has 5 rings (SSSR count). The number of hydrogen-bond acceptors (Lipinski definition) is 5. The van der Waals surface area contributed by atoms with E-state index in [0.717, 1.165) is 29.5 Å². The molecule has 7 heteroatoms. The largest absolute Gasteiger partial charge is 0.436 e. The number of nitrogens with zero attached hydrogens (tertiary/aromatic N) is 2. The van der Waals surface area contributed by atoms with Gasteiger partial charge in [0, 0.05) is 30.1 Å². The van der Waals surface area contributed by atoms with E-state index in [-0.39, 0.29) is 29.8 Å². The third-order valence-electron chi connectivity index (χ3n) is 6.30. The van der Waals surface area contributed by atoms with Crippen LogP contribution >= 0.6 is 0 Å². The summed E-state index contributed by atoms with van der Waals surface area (Å²) >= 11 is 0. The van der Waals surface area contributed by atoms with Crippen molar-refractivity contribution in [1.29, 1.82) is 0 Å². The number of hydrogen-bond donors (Lipinski definition) is 1. The summed E-state index contributed by atoms with van der Waals surface area (Å²) in [5, 5.41) is 3.03. The lowest BCUT2D eigenvalue weighted by atomic mass is 10.1. The molecule has 1 N–H and O–H groups in total. The molecule has 0 bridgehead atoms. The zero-order chi connectivity index (χ0) is 21.4. The number of carbonyl (C=O) groups is 2. The van der Waals surface area contributed by atoms with Crippen molar-refractivity contribution in [3.05, 3.63) is 54.1 Å². The second-order valence-corrected chi connectivity index (χ2v) is 8.39. The topological polar surface area (TPSA) is 84.7 Å². The summed E-state index contributed by atoms with van der Waals surface area (Å²) in [6, 6.07) is 15.2. The van der Waals surface area contributed by atoms with Gasteiger partial charge in [0.1, 0.15) is 5.52 Å². The Balaban J connectivity index is 1.23. The Labute approximate surface area is 180 Å². The third kappa shape index (κ3) is 3.93. The minimum absolute atomic E-state index is 0.0393. The van der Waals surface area contributed by atoms with Crippen molar-refractivity contribution in [3.63, 3.8) is 0 Å². The molecule has 1 aromatic heterocycles. The van der Waals surface area contributed by atoms with E-state index in [1.54, 1.807) is 17.0 Å². The van der Waals surface area contributed by atoms with Crippen molar-refractivity contribution in [2.24, 2.45) is 5.92 Å². The van der Waals surface area contributed by atoms with Crippen LogP contribution in [0.3, 0.4) is 0 Å². The average Bonchev–Trinajstić information content (AvgIpc) is 3.42. The highest BCUT2D eigenvalue weighted by Crippen LogP contribution is 2.30. The van der Waals surface area contributed by atoms with E-state index in [0.29, 0.717) is 31.1 Å². The molecule has 2 fully saturated rings. The molecule has 1 saturated heterocycles. The molecule has 2 atom stereocenters. The molecule has 2 aromatic carbocycles. The fourth-order valence-corrected chi connectivity index (χ4v) is 4.31. The summed E-state index contributed by atoms with van der Waals surface area (Å²) in [6.45, 7) is 1.19. The molecule has 2 heterocycles. The Morgan fingerprint density at radius 1 is 1.06 bits per heavy atom. The standard InChI is InChI=1S/C24H25N3O4/c1-27(19-11-10-17(12-19)22(28)25-18-13-30-14-18)24(29)16-8-6-15(7-9-16)23-26-20-4-2-3-5-21(20)31-23/h2-9,17-19H,10-14H2,1H3,(H,25,28)/t17-,19+/m0/s1. The molecule has 7 nitrogen and oxygen atoms in total. The maximum Gasteiger partial charge on any atom is 0.253 e. The normalized spacial score (nSPS) is 21.1. The Hall–Kier alpha value is -3.19. The van der Waals surface area contributed by atoms with E-state index < -0.39 is 0 Å². The number of oxazole rings is 1. The molecule has 1 aliphatic heterocycles. The van der Waals surface area contributed by atoms with Crippen LogP contribution in [0.1, 0.15) is 29.6 Å². The van der Waals surface area contributed by atoms with Gasteiger partial charge in [0.25, 0.3) is 5.91 Å². The number of rotatable bonds is 5. The van der Waals surface area contributed by atoms with Crippen LogP contribution in [0.5, 0.6) is 0 Å². The highest BCUT2D eigenvalue weighted by Gasteiger charge is 2.35. The number of ether oxygens (including phenoxy) is 1. The number of fused-ring (bicyclic) bond motifs is 1. The predicted molar refractivity (Wildman–Crippen MR) is 115 cm³/mol. The van der Waals surface area contributed by atoms with Crippen LogP contribution in [0.4, 0.5) is 0 Å². The van der Waals surface area contributed by atoms with Crippen molar-refractivity contribution >= 4 is 22.9 Å². The van der Waals surface area contributed by atoms with Crippen LogP contribution in [-0.2, 0) is 9.53 Å². The first-order chi connectivity index (χ1) is 15.1. The van der Waals surface area contributed by atoms with Gasteiger partial charge in [-0.3, -0.25) is 9.59 Å². The van der Waals surface area contributed by atoms with Gasteiger partial charge in [-0.2, -0.15) is 0 Å². The molecule has 3 aromatic rings. The number of benzene rings is 2. The molecule has 1 aliphatic carbocycles. The Morgan fingerprint density at radius 2 is 1.84 bits per heavy atom. The second-order valence-electron chi connectivity index (χ2n) is 8.39. The quantitative estimate of drug-likeness (QED) is 0.686. The molecule has 160 valence electrons. The lowest BCUT2D eigenvalue weighted by molar-refractivity contribution is -0.129. The molecule has 2 amide bonds. The zero-order valence-electron chi connectivity index (χ0n) is 17.4. The Bertz CT molecular complexity index is 1070. The monoisotopic (exact) mass is 419 g/mol. The van der Waals surface area contributed by atoms with E-state index in [2.05, 4.69) is 10.3 Å². The maximum absolute atomic E-state index is 13.0. The minimum atomic E-state index is -0.0395. The van der Waals surface area contributed by atoms with E-state index in [9.17, 15) is 9.59 Å². The zero-order valence-corrected chi connectivity index (χ0v) is 17.4. The second kappa shape index (κ2) is 8.15. The van der Waals surface area contributed by atoms with E-state index in [1.165, 1.54) is 0 Å². The minimum Gasteiger partial charge on any atom is -0.436 e. The Kier molecular flexibility index (Phi) is 5.19. The van der Waals surface area contributed by atoms with E-state index in [1.807, 2.05) is 43.4 Å². The summed E-state index contributed by atoms with van der Waals surface area (Å²) in [5.74, 6) is 0.541. The molecule has 31 heavy (non-hydrogen) atoms. The first kappa shape index (κ1) is 19.8. The van der Waals surface area contributed by atoms with Crippen LogP contribution in [0, 0.1) is 5.92 Å².